The zero-order chi connectivity index (χ0) is 13.2. The summed E-state index contributed by atoms with van der Waals surface area (Å²) >= 11 is 0. The van der Waals surface area contributed by atoms with Gasteiger partial charge in [0.1, 0.15) is 0 Å². The second-order valence-corrected chi connectivity index (χ2v) is 5.83. The standard InChI is InChI=1S/C17H23N/c1-4-17(2,3)16(18)12-13-9-10-14-7-5-6-8-15(14)11-13/h5-11,16H,4,12,18H2,1-3H3. The van der Waals surface area contributed by atoms with Crippen molar-refractivity contribution in [2.75, 3.05) is 0 Å². The fourth-order valence-electron chi connectivity index (χ4n) is 2.16. The van der Waals surface area contributed by atoms with E-state index in [1.807, 2.05) is 0 Å². The Balaban J connectivity index is 2.22. The van der Waals surface area contributed by atoms with Crippen LogP contribution in [0.5, 0.6) is 0 Å². The van der Waals surface area contributed by atoms with Crippen molar-refractivity contribution in [1.82, 2.24) is 0 Å². The first-order valence-corrected chi connectivity index (χ1v) is 6.76. The molecule has 0 bridgehead atoms. The Morgan fingerprint density at radius 1 is 1.06 bits per heavy atom. The third-order valence-corrected chi connectivity index (χ3v) is 4.18. The molecule has 0 saturated carbocycles. The topological polar surface area (TPSA) is 26.0 Å². The molecule has 1 heteroatoms. The Labute approximate surface area is 110 Å². The summed E-state index contributed by atoms with van der Waals surface area (Å²) in [5.41, 5.74) is 7.87. The van der Waals surface area contributed by atoms with E-state index in [9.17, 15) is 0 Å². The highest BCUT2D eigenvalue weighted by molar-refractivity contribution is 5.82. The van der Waals surface area contributed by atoms with Gasteiger partial charge in [-0.3, -0.25) is 0 Å². The van der Waals surface area contributed by atoms with E-state index in [0.717, 1.165) is 12.8 Å². The first-order valence-electron chi connectivity index (χ1n) is 6.76. The van der Waals surface area contributed by atoms with Gasteiger partial charge in [0.2, 0.25) is 0 Å². The van der Waals surface area contributed by atoms with Crippen molar-refractivity contribution in [3.8, 4) is 0 Å². The van der Waals surface area contributed by atoms with Crippen LogP contribution in [0.4, 0.5) is 0 Å². The minimum atomic E-state index is 0.200. The molecule has 2 rings (SSSR count). The molecular formula is C17H23N. The molecule has 0 aliphatic carbocycles. The van der Waals surface area contributed by atoms with Crippen molar-refractivity contribution in [1.29, 1.82) is 0 Å². The lowest BCUT2D eigenvalue weighted by molar-refractivity contribution is 0.273. The van der Waals surface area contributed by atoms with Crippen molar-refractivity contribution in [2.24, 2.45) is 11.1 Å². The summed E-state index contributed by atoms with van der Waals surface area (Å²) in [5, 5.41) is 2.60. The fourth-order valence-corrected chi connectivity index (χ4v) is 2.16. The predicted molar refractivity (Wildman–Crippen MR) is 79.7 cm³/mol. The number of fused-ring (bicyclic) bond motifs is 1. The first kappa shape index (κ1) is 13.1. The van der Waals surface area contributed by atoms with Gasteiger partial charge in [-0.2, -0.15) is 0 Å². The van der Waals surface area contributed by atoms with Crippen LogP contribution in [0.25, 0.3) is 10.8 Å². The quantitative estimate of drug-likeness (QED) is 0.855. The second-order valence-electron chi connectivity index (χ2n) is 5.83. The zero-order valence-electron chi connectivity index (χ0n) is 11.6. The van der Waals surface area contributed by atoms with Crippen LogP contribution in [0.3, 0.4) is 0 Å². The van der Waals surface area contributed by atoms with Gasteiger partial charge in [0.15, 0.2) is 0 Å². The molecule has 0 heterocycles. The molecule has 2 aromatic rings. The SMILES string of the molecule is CCC(C)(C)C(N)Cc1ccc2ccccc2c1. The lowest BCUT2D eigenvalue weighted by atomic mass is 9.79. The molecule has 0 aromatic heterocycles. The largest absolute Gasteiger partial charge is 0.327 e. The third-order valence-electron chi connectivity index (χ3n) is 4.18. The van der Waals surface area contributed by atoms with Crippen molar-refractivity contribution < 1.29 is 0 Å². The maximum atomic E-state index is 6.34. The summed E-state index contributed by atoms with van der Waals surface area (Å²) in [7, 11) is 0. The normalized spacial score (nSPS) is 13.8. The molecule has 18 heavy (non-hydrogen) atoms. The van der Waals surface area contributed by atoms with Gasteiger partial charge < -0.3 is 5.73 Å². The van der Waals surface area contributed by atoms with Gasteiger partial charge in [0, 0.05) is 6.04 Å². The molecule has 0 spiro atoms. The Morgan fingerprint density at radius 3 is 2.39 bits per heavy atom. The lowest BCUT2D eigenvalue weighted by Gasteiger charge is -2.30. The monoisotopic (exact) mass is 241 g/mol. The van der Waals surface area contributed by atoms with Gasteiger partial charge >= 0.3 is 0 Å². The maximum Gasteiger partial charge on any atom is 0.0131 e. The van der Waals surface area contributed by atoms with Crippen LogP contribution in [-0.4, -0.2) is 6.04 Å². The molecular weight excluding hydrogens is 218 g/mol. The average molecular weight is 241 g/mol. The van der Waals surface area contributed by atoms with Crippen LogP contribution in [0.2, 0.25) is 0 Å². The molecule has 96 valence electrons. The first-order chi connectivity index (χ1) is 8.53. The fraction of sp³-hybridized carbons (Fsp3) is 0.412. The molecule has 0 aliphatic heterocycles. The Hall–Kier alpha value is -1.34. The molecule has 2 N–H and O–H groups in total. The highest BCUT2D eigenvalue weighted by Crippen LogP contribution is 2.26. The summed E-state index contributed by atoms with van der Waals surface area (Å²) in [4.78, 5) is 0. The Kier molecular flexibility index (Phi) is 3.72. The highest BCUT2D eigenvalue weighted by Gasteiger charge is 2.24. The minimum absolute atomic E-state index is 0.200. The summed E-state index contributed by atoms with van der Waals surface area (Å²) in [6.07, 6.45) is 2.06. The third kappa shape index (κ3) is 2.73. The molecule has 1 nitrogen and oxygen atoms in total. The summed E-state index contributed by atoms with van der Waals surface area (Å²) in [6.45, 7) is 6.71. The molecule has 0 amide bonds. The number of benzene rings is 2. The van der Waals surface area contributed by atoms with Gasteiger partial charge in [-0.25, -0.2) is 0 Å². The van der Waals surface area contributed by atoms with Crippen molar-refractivity contribution in [2.45, 2.75) is 39.7 Å². The van der Waals surface area contributed by atoms with Gasteiger partial charge in [0.05, 0.1) is 0 Å². The average Bonchev–Trinajstić information content (AvgIpc) is 2.38. The van der Waals surface area contributed by atoms with Crippen LogP contribution in [-0.2, 0) is 6.42 Å². The molecule has 0 fully saturated rings. The summed E-state index contributed by atoms with van der Waals surface area (Å²) in [5.74, 6) is 0. The van der Waals surface area contributed by atoms with Crippen LogP contribution >= 0.6 is 0 Å². The molecule has 0 saturated heterocycles. The van der Waals surface area contributed by atoms with Crippen molar-refractivity contribution in [3.63, 3.8) is 0 Å². The van der Waals surface area contributed by atoms with Crippen LogP contribution in [0.1, 0.15) is 32.8 Å². The lowest BCUT2D eigenvalue weighted by Crippen LogP contribution is -2.38. The number of rotatable bonds is 4. The molecule has 1 atom stereocenters. The minimum Gasteiger partial charge on any atom is -0.327 e. The van der Waals surface area contributed by atoms with E-state index in [1.165, 1.54) is 16.3 Å². The highest BCUT2D eigenvalue weighted by atomic mass is 14.7. The van der Waals surface area contributed by atoms with E-state index in [0.29, 0.717) is 0 Å². The molecule has 0 aliphatic rings. The maximum absolute atomic E-state index is 6.34. The number of nitrogens with two attached hydrogens (primary N) is 1. The van der Waals surface area contributed by atoms with Gasteiger partial charge in [-0.05, 0) is 34.6 Å². The van der Waals surface area contributed by atoms with Gasteiger partial charge in [-0.1, -0.05) is 63.2 Å². The Morgan fingerprint density at radius 2 is 1.72 bits per heavy atom. The van der Waals surface area contributed by atoms with E-state index < -0.39 is 0 Å². The summed E-state index contributed by atoms with van der Waals surface area (Å²) < 4.78 is 0. The van der Waals surface area contributed by atoms with Crippen molar-refractivity contribution >= 4 is 10.8 Å². The molecule has 1 unspecified atom stereocenters. The van der Waals surface area contributed by atoms with Gasteiger partial charge in [0.25, 0.3) is 0 Å². The number of hydrogen-bond donors (Lipinski definition) is 1. The smallest absolute Gasteiger partial charge is 0.0131 e. The van der Waals surface area contributed by atoms with E-state index in [4.69, 9.17) is 5.73 Å². The predicted octanol–water partition coefficient (Wildman–Crippen LogP) is 4.15. The Bertz CT molecular complexity index is 528. The van der Waals surface area contributed by atoms with E-state index in [-0.39, 0.29) is 11.5 Å². The van der Waals surface area contributed by atoms with Crippen LogP contribution < -0.4 is 5.73 Å². The van der Waals surface area contributed by atoms with E-state index in [2.05, 4.69) is 63.2 Å². The zero-order valence-corrected chi connectivity index (χ0v) is 11.6. The van der Waals surface area contributed by atoms with Crippen LogP contribution in [0, 0.1) is 5.41 Å². The second kappa shape index (κ2) is 5.11. The van der Waals surface area contributed by atoms with Crippen LogP contribution in [0.15, 0.2) is 42.5 Å². The van der Waals surface area contributed by atoms with E-state index in [1.54, 1.807) is 0 Å². The number of hydrogen-bond acceptors (Lipinski definition) is 1. The summed E-state index contributed by atoms with van der Waals surface area (Å²) in [6, 6.07) is 15.3. The van der Waals surface area contributed by atoms with Gasteiger partial charge in [-0.15, -0.1) is 0 Å². The van der Waals surface area contributed by atoms with Crippen molar-refractivity contribution in [3.05, 3.63) is 48.0 Å². The molecule has 2 aromatic carbocycles. The molecule has 0 radical (unpaired) electrons. The van der Waals surface area contributed by atoms with E-state index >= 15 is 0 Å².